The summed E-state index contributed by atoms with van der Waals surface area (Å²) in [4.78, 5) is 5.84. The molecule has 0 bridgehead atoms. The van der Waals surface area contributed by atoms with Crippen molar-refractivity contribution in [1.29, 1.82) is 0 Å². The first-order valence-corrected chi connectivity index (χ1v) is 7.73. The van der Waals surface area contributed by atoms with Gasteiger partial charge >= 0.3 is 0 Å². The average molecular weight is 393 g/mol. The quantitative estimate of drug-likeness (QED) is 0.466. The number of hydrogen-bond acceptors (Lipinski definition) is 2. The van der Waals surface area contributed by atoms with Crippen LogP contribution in [0.4, 0.5) is 0 Å². The third kappa shape index (κ3) is 5.69. The molecule has 1 aliphatic rings. The molecule has 0 radical (unpaired) electrons. The van der Waals surface area contributed by atoms with Crippen molar-refractivity contribution in [3.63, 3.8) is 0 Å². The summed E-state index contributed by atoms with van der Waals surface area (Å²) >= 11 is 1.79. The molecule has 108 valence electrons. The molecule has 5 heteroatoms. The van der Waals surface area contributed by atoms with Gasteiger partial charge in [0, 0.05) is 16.8 Å². The van der Waals surface area contributed by atoms with Crippen molar-refractivity contribution in [2.75, 3.05) is 6.54 Å². The SMILES string of the molecule is CC(CN=C(N)NC1CCCCC1)c1cccs1.I. The van der Waals surface area contributed by atoms with Gasteiger partial charge in [0.1, 0.15) is 0 Å². The molecule has 2 rings (SSSR count). The van der Waals surface area contributed by atoms with E-state index in [2.05, 4.69) is 34.7 Å². The molecule has 1 saturated carbocycles. The zero-order valence-electron chi connectivity index (χ0n) is 11.5. The van der Waals surface area contributed by atoms with Crippen molar-refractivity contribution >= 4 is 41.3 Å². The molecule has 1 heterocycles. The number of nitrogens with one attached hydrogen (secondary N) is 1. The van der Waals surface area contributed by atoms with E-state index in [9.17, 15) is 0 Å². The van der Waals surface area contributed by atoms with Gasteiger partial charge < -0.3 is 11.1 Å². The summed E-state index contributed by atoms with van der Waals surface area (Å²) < 4.78 is 0. The molecule has 1 unspecified atom stereocenters. The number of thiophene rings is 1. The standard InChI is InChI=1S/C14H23N3S.HI/c1-11(13-8-5-9-18-13)10-16-14(15)17-12-6-3-2-4-7-12;/h5,8-9,11-12H,2-4,6-7,10H2,1H3,(H3,15,16,17);1H. The molecule has 1 aromatic heterocycles. The van der Waals surface area contributed by atoms with Crippen molar-refractivity contribution < 1.29 is 0 Å². The van der Waals surface area contributed by atoms with Crippen molar-refractivity contribution in [1.82, 2.24) is 5.32 Å². The van der Waals surface area contributed by atoms with Gasteiger partial charge in [-0.1, -0.05) is 32.3 Å². The fourth-order valence-corrected chi connectivity index (χ4v) is 3.18. The maximum Gasteiger partial charge on any atom is 0.188 e. The van der Waals surface area contributed by atoms with E-state index >= 15 is 0 Å². The van der Waals surface area contributed by atoms with Crippen molar-refractivity contribution in [2.24, 2.45) is 10.7 Å². The third-order valence-corrected chi connectivity index (χ3v) is 4.63. The normalized spacial score (nSPS) is 18.7. The van der Waals surface area contributed by atoms with Gasteiger partial charge in [0.05, 0.1) is 6.54 Å². The highest BCUT2D eigenvalue weighted by Gasteiger charge is 2.13. The van der Waals surface area contributed by atoms with E-state index in [4.69, 9.17) is 5.73 Å². The van der Waals surface area contributed by atoms with Gasteiger partial charge in [-0.05, 0) is 24.3 Å². The highest BCUT2D eigenvalue weighted by atomic mass is 127. The lowest BCUT2D eigenvalue weighted by Crippen LogP contribution is -2.41. The number of guanidine groups is 1. The van der Waals surface area contributed by atoms with Crippen LogP contribution in [0, 0.1) is 0 Å². The lowest BCUT2D eigenvalue weighted by Gasteiger charge is -2.23. The number of nitrogens with two attached hydrogens (primary N) is 1. The Bertz CT molecular complexity index is 372. The lowest BCUT2D eigenvalue weighted by atomic mass is 9.96. The van der Waals surface area contributed by atoms with Crippen LogP contribution in [0.5, 0.6) is 0 Å². The van der Waals surface area contributed by atoms with Gasteiger partial charge in [-0.2, -0.15) is 0 Å². The smallest absolute Gasteiger partial charge is 0.188 e. The Kier molecular flexibility index (Phi) is 7.75. The van der Waals surface area contributed by atoms with Gasteiger partial charge in [0.25, 0.3) is 0 Å². The maximum absolute atomic E-state index is 5.95. The van der Waals surface area contributed by atoms with E-state index in [0.29, 0.717) is 17.9 Å². The van der Waals surface area contributed by atoms with E-state index in [0.717, 1.165) is 6.54 Å². The molecule has 0 aromatic carbocycles. The lowest BCUT2D eigenvalue weighted by molar-refractivity contribution is 0.412. The maximum atomic E-state index is 5.95. The largest absolute Gasteiger partial charge is 0.370 e. The average Bonchev–Trinajstić information content (AvgIpc) is 2.91. The van der Waals surface area contributed by atoms with Gasteiger partial charge in [-0.3, -0.25) is 4.99 Å². The van der Waals surface area contributed by atoms with Crippen molar-refractivity contribution in [3.05, 3.63) is 22.4 Å². The van der Waals surface area contributed by atoms with E-state index in [1.165, 1.54) is 37.0 Å². The molecular weight excluding hydrogens is 369 g/mol. The van der Waals surface area contributed by atoms with Crippen molar-refractivity contribution in [3.8, 4) is 0 Å². The molecule has 0 amide bonds. The summed E-state index contributed by atoms with van der Waals surface area (Å²) in [5.74, 6) is 1.07. The summed E-state index contributed by atoms with van der Waals surface area (Å²) in [6, 6.07) is 4.79. The first-order chi connectivity index (χ1) is 8.75. The second kappa shape index (κ2) is 8.79. The molecule has 19 heavy (non-hydrogen) atoms. The predicted octanol–water partition coefficient (Wildman–Crippen LogP) is 3.71. The van der Waals surface area contributed by atoms with Crippen LogP contribution in [0.2, 0.25) is 0 Å². The number of hydrogen-bond donors (Lipinski definition) is 2. The Labute approximate surface area is 137 Å². The zero-order valence-corrected chi connectivity index (χ0v) is 14.6. The molecule has 1 atom stereocenters. The Morgan fingerprint density at radius 2 is 2.21 bits per heavy atom. The molecule has 3 nitrogen and oxygen atoms in total. The van der Waals surface area contributed by atoms with E-state index in [1.807, 2.05) is 0 Å². The van der Waals surface area contributed by atoms with E-state index in [1.54, 1.807) is 11.3 Å². The monoisotopic (exact) mass is 393 g/mol. The first kappa shape index (κ1) is 16.8. The van der Waals surface area contributed by atoms with Crippen LogP contribution in [0.3, 0.4) is 0 Å². The molecule has 1 aromatic rings. The van der Waals surface area contributed by atoms with Crippen LogP contribution in [-0.2, 0) is 0 Å². The molecule has 3 N–H and O–H groups in total. The molecule has 0 saturated heterocycles. The number of rotatable bonds is 4. The fraction of sp³-hybridized carbons (Fsp3) is 0.643. The van der Waals surface area contributed by atoms with Crippen LogP contribution < -0.4 is 11.1 Å². The third-order valence-electron chi connectivity index (χ3n) is 3.52. The van der Waals surface area contributed by atoms with E-state index < -0.39 is 0 Å². The van der Waals surface area contributed by atoms with Crippen molar-refractivity contribution in [2.45, 2.75) is 51.0 Å². The highest BCUT2D eigenvalue weighted by molar-refractivity contribution is 14.0. The van der Waals surface area contributed by atoms with Crippen LogP contribution in [0.25, 0.3) is 0 Å². The van der Waals surface area contributed by atoms with Crippen LogP contribution in [-0.4, -0.2) is 18.5 Å². The summed E-state index contributed by atoms with van der Waals surface area (Å²) in [7, 11) is 0. The first-order valence-electron chi connectivity index (χ1n) is 6.85. The number of halogens is 1. The molecule has 0 spiro atoms. The Morgan fingerprint density at radius 1 is 1.47 bits per heavy atom. The Balaban J connectivity index is 0.00000180. The second-order valence-corrected chi connectivity index (χ2v) is 6.10. The molecule has 1 fully saturated rings. The minimum atomic E-state index is 0. The van der Waals surface area contributed by atoms with Gasteiger partial charge in [-0.25, -0.2) is 0 Å². The van der Waals surface area contributed by atoms with Crippen LogP contribution in [0.15, 0.2) is 22.5 Å². The Hall–Kier alpha value is -0.300. The van der Waals surface area contributed by atoms with Crippen LogP contribution >= 0.6 is 35.3 Å². The van der Waals surface area contributed by atoms with E-state index in [-0.39, 0.29) is 24.0 Å². The summed E-state index contributed by atoms with van der Waals surface area (Å²) in [5, 5.41) is 5.46. The number of aliphatic imine (C=N–C) groups is 1. The molecular formula is C14H24IN3S. The molecule has 1 aliphatic carbocycles. The summed E-state index contributed by atoms with van der Waals surface area (Å²) in [6.07, 6.45) is 6.46. The zero-order chi connectivity index (χ0) is 12.8. The van der Waals surface area contributed by atoms with Gasteiger partial charge in [0.15, 0.2) is 5.96 Å². The minimum Gasteiger partial charge on any atom is -0.370 e. The number of nitrogens with zero attached hydrogens (tertiary/aromatic N) is 1. The fourth-order valence-electron chi connectivity index (χ4n) is 2.40. The summed E-state index contributed by atoms with van der Waals surface area (Å²) in [6.45, 7) is 2.97. The van der Waals surface area contributed by atoms with Gasteiger partial charge in [0.2, 0.25) is 0 Å². The topological polar surface area (TPSA) is 50.4 Å². The van der Waals surface area contributed by atoms with Gasteiger partial charge in [-0.15, -0.1) is 35.3 Å². The minimum absolute atomic E-state index is 0. The summed E-state index contributed by atoms with van der Waals surface area (Å²) in [5.41, 5.74) is 5.95. The highest BCUT2D eigenvalue weighted by Crippen LogP contribution is 2.21. The predicted molar refractivity (Wildman–Crippen MR) is 94.6 cm³/mol. The van der Waals surface area contributed by atoms with Crippen LogP contribution in [0.1, 0.15) is 49.8 Å². The second-order valence-electron chi connectivity index (χ2n) is 5.12. The Morgan fingerprint density at radius 3 is 2.84 bits per heavy atom. The molecule has 0 aliphatic heterocycles.